The van der Waals surface area contributed by atoms with Gasteiger partial charge >= 0.3 is 0 Å². The van der Waals surface area contributed by atoms with E-state index in [4.69, 9.17) is 9.47 Å². The van der Waals surface area contributed by atoms with Gasteiger partial charge in [-0.2, -0.15) is 5.10 Å². The molecule has 142 valence electrons. The second-order valence-corrected chi connectivity index (χ2v) is 7.21. The van der Waals surface area contributed by atoms with E-state index in [1.807, 2.05) is 48.6 Å². The number of amides is 1. The molecule has 0 unspecified atom stereocenters. The summed E-state index contributed by atoms with van der Waals surface area (Å²) < 4.78 is 13.2. The van der Waals surface area contributed by atoms with Crippen LogP contribution < -0.4 is 9.47 Å². The Morgan fingerprint density at radius 3 is 2.82 bits per heavy atom. The Balaban J connectivity index is 1.52. The molecule has 0 aliphatic carbocycles. The summed E-state index contributed by atoms with van der Waals surface area (Å²) in [5.74, 6) is 1.25. The first kappa shape index (κ1) is 16.9. The molecule has 0 saturated heterocycles. The third kappa shape index (κ3) is 2.81. The second kappa shape index (κ2) is 6.71. The summed E-state index contributed by atoms with van der Waals surface area (Å²) in [5.41, 5.74) is 4.09. The normalized spacial score (nSPS) is 17.9. The zero-order chi connectivity index (χ0) is 19.1. The van der Waals surface area contributed by atoms with Crippen LogP contribution >= 0.6 is 0 Å². The lowest BCUT2D eigenvalue weighted by atomic mass is 9.86. The highest BCUT2D eigenvalue weighted by Crippen LogP contribution is 2.37. The summed E-state index contributed by atoms with van der Waals surface area (Å²) in [6.45, 7) is 2.14. The Labute approximate surface area is 163 Å². The maximum absolute atomic E-state index is 13.4. The number of nitrogens with zero attached hydrogens (tertiary/aromatic N) is 3. The van der Waals surface area contributed by atoms with Crippen LogP contribution in [0.15, 0.2) is 54.9 Å². The number of benzene rings is 2. The first-order valence-electron chi connectivity index (χ1n) is 9.45. The monoisotopic (exact) mass is 375 g/mol. The zero-order valence-corrected chi connectivity index (χ0v) is 15.7. The Morgan fingerprint density at radius 1 is 1.11 bits per heavy atom. The Hall–Kier alpha value is -3.28. The Morgan fingerprint density at radius 2 is 1.96 bits per heavy atom. The average Bonchev–Trinajstić information content (AvgIpc) is 3.18. The molecule has 5 rings (SSSR count). The van der Waals surface area contributed by atoms with Crippen molar-refractivity contribution in [3.05, 3.63) is 77.1 Å². The van der Waals surface area contributed by atoms with Crippen molar-refractivity contribution < 1.29 is 14.3 Å². The molecule has 6 heteroatoms. The quantitative estimate of drug-likeness (QED) is 0.691. The summed E-state index contributed by atoms with van der Waals surface area (Å²) in [4.78, 5) is 15.3. The lowest BCUT2D eigenvalue weighted by Crippen LogP contribution is -2.39. The third-order valence-corrected chi connectivity index (χ3v) is 5.41. The van der Waals surface area contributed by atoms with Gasteiger partial charge in [0.1, 0.15) is 13.2 Å². The summed E-state index contributed by atoms with van der Waals surface area (Å²) >= 11 is 0. The van der Waals surface area contributed by atoms with Crippen molar-refractivity contribution in [3.8, 4) is 11.5 Å². The SMILES string of the molecule is Cn1cc([C@H]2CN(C(=O)c3cccc4c3OCCO4)Cc3ccccc32)cn1. The smallest absolute Gasteiger partial charge is 0.258 e. The van der Waals surface area contributed by atoms with Crippen LogP contribution in [0, 0.1) is 0 Å². The number of ether oxygens (including phenoxy) is 2. The molecule has 0 saturated carbocycles. The molecule has 0 spiro atoms. The maximum Gasteiger partial charge on any atom is 0.258 e. The molecular weight excluding hydrogens is 354 g/mol. The maximum atomic E-state index is 13.4. The number of carbonyl (C=O) groups is 1. The summed E-state index contributed by atoms with van der Waals surface area (Å²) in [5, 5.41) is 4.33. The van der Waals surface area contributed by atoms with Crippen molar-refractivity contribution in [2.45, 2.75) is 12.5 Å². The number of aromatic nitrogens is 2. The van der Waals surface area contributed by atoms with Gasteiger partial charge < -0.3 is 14.4 Å². The lowest BCUT2D eigenvalue weighted by molar-refractivity contribution is 0.0714. The predicted octanol–water partition coefficient (Wildman–Crippen LogP) is 2.98. The fourth-order valence-electron chi connectivity index (χ4n) is 4.08. The highest BCUT2D eigenvalue weighted by molar-refractivity contribution is 5.98. The number of hydrogen-bond acceptors (Lipinski definition) is 4. The average molecular weight is 375 g/mol. The van der Waals surface area contributed by atoms with Gasteiger partial charge in [0, 0.05) is 32.3 Å². The van der Waals surface area contributed by atoms with Crippen LogP contribution in [0.1, 0.15) is 33.0 Å². The van der Waals surface area contributed by atoms with E-state index in [1.165, 1.54) is 5.56 Å². The van der Waals surface area contributed by atoms with Gasteiger partial charge in [0.05, 0.1) is 11.8 Å². The van der Waals surface area contributed by atoms with Gasteiger partial charge in [0.25, 0.3) is 5.91 Å². The minimum atomic E-state index is -0.0363. The summed E-state index contributed by atoms with van der Waals surface area (Å²) in [6, 6.07) is 13.8. The van der Waals surface area contributed by atoms with Crippen molar-refractivity contribution in [1.82, 2.24) is 14.7 Å². The molecule has 2 aliphatic rings. The molecule has 1 atom stereocenters. The first-order valence-corrected chi connectivity index (χ1v) is 9.45. The van der Waals surface area contributed by atoms with Crippen LogP contribution in [0.5, 0.6) is 11.5 Å². The van der Waals surface area contributed by atoms with Gasteiger partial charge in [-0.15, -0.1) is 0 Å². The van der Waals surface area contributed by atoms with Crippen molar-refractivity contribution >= 4 is 5.91 Å². The van der Waals surface area contributed by atoms with Crippen molar-refractivity contribution in [2.75, 3.05) is 19.8 Å². The molecule has 28 heavy (non-hydrogen) atoms. The van der Waals surface area contributed by atoms with Crippen LogP contribution in [-0.2, 0) is 13.6 Å². The minimum Gasteiger partial charge on any atom is -0.486 e. The van der Waals surface area contributed by atoms with E-state index < -0.39 is 0 Å². The molecule has 3 heterocycles. The summed E-state index contributed by atoms with van der Waals surface area (Å²) in [6.07, 6.45) is 3.91. The van der Waals surface area contributed by atoms with E-state index in [1.54, 1.807) is 4.68 Å². The second-order valence-electron chi connectivity index (χ2n) is 7.21. The van der Waals surface area contributed by atoms with Crippen LogP contribution in [0.4, 0.5) is 0 Å². The number of carbonyl (C=O) groups excluding carboxylic acids is 1. The van der Waals surface area contributed by atoms with Gasteiger partial charge in [0.2, 0.25) is 0 Å². The minimum absolute atomic E-state index is 0.0363. The summed E-state index contributed by atoms with van der Waals surface area (Å²) in [7, 11) is 1.91. The number of rotatable bonds is 2. The molecule has 0 radical (unpaired) electrons. The fraction of sp³-hybridized carbons (Fsp3) is 0.273. The molecule has 6 nitrogen and oxygen atoms in total. The molecule has 0 N–H and O–H groups in total. The number of fused-ring (bicyclic) bond motifs is 2. The highest BCUT2D eigenvalue weighted by Gasteiger charge is 2.32. The molecule has 3 aromatic rings. The Bertz CT molecular complexity index is 1040. The van der Waals surface area contributed by atoms with Gasteiger partial charge in [-0.05, 0) is 28.8 Å². The van der Waals surface area contributed by atoms with Gasteiger partial charge in [-0.3, -0.25) is 9.48 Å². The molecule has 2 aliphatic heterocycles. The van der Waals surface area contributed by atoms with Gasteiger partial charge in [-0.1, -0.05) is 30.3 Å². The van der Waals surface area contributed by atoms with Gasteiger partial charge in [0.15, 0.2) is 11.5 Å². The van der Waals surface area contributed by atoms with Crippen LogP contribution in [0.2, 0.25) is 0 Å². The topological polar surface area (TPSA) is 56.6 Å². The molecule has 1 amide bonds. The van der Waals surface area contributed by atoms with E-state index in [-0.39, 0.29) is 11.8 Å². The van der Waals surface area contributed by atoms with Crippen LogP contribution in [0.3, 0.4) is 0 Å². The standard InChI is InChI=1S/C22H21N3O3/c1-24-12-16(11-23-24)19-14-25(13-15-5-2-3-6-17(15)19)22(26)18-7-4-8-20-21(18)28-10-9-27-20/h2-8,11-12,19H,9-10,13-14H2,1H3/t19-/m1/s1. The lowest BCUT2D eigenvalue weighted by Gasteiger charge is -2.35. The Kier molecular flexibility index (Phi) is 4.04. The van der Waals surface area contributed by atoms with E-state index in [0.717, 1.165) is 11.1 Å². The molecular formula is C22H21N3O3. The van der Waals surface area contributed by atoms with Crippen molar-refractivity contribution in [2.24, 2.45) is 7.05 Å². The van der Waals surface area contributed by atoms with Crippen LogP contribution in [0.25, 0.3) is 0 Å². The van der Waals surface area contributed by atoms with Crippen LogP contribution in [-0.4, -0.2) is 40.3 Å². The van der Waals surface area contributed by atoms with E-state index in [2.05, 4.69) is 23.3 Å². The predicted molar refractivity (Wildman–Crippen MR) is 104 cm³/mol. The van der Waals surface area contributed by atoms with E-state index in [9.17, 15) is 4.79 Å². The fourth-order valence-corrected chi connectivity index (χ4v) is 4.08. The molecule has 0 fully saturated rings. The van der Waals surface area contributed by atoms with Crippen molar-refractivity contribution in [1.29, 1.82) is 0 Å². The van der Waals surface area contributed by atoms with Crippen molar-refractivity contribution in [3.63, 3.8) is 0 Å². The number of aryl methyl sites for hydroxylation is 1. The third-order valence-electron chi connectivity index (χ3n) is 5.41. The van der Waals surface area contributed by atoms with E-state index >= 15 is 0 Å². The number of para-hydroxylation sites is 1. The highest BCUT2D eigenvalue weighted by atomic mass is 16.6. The largest absolute Gasteiger partial charge is 0.486 e. The van der Waals surface area contributed by atoms with Gasteiger partial charge in [-0.25, -0.2) is 0 Å². The zero-order valence-electron chi connectivity index (χ0n) is 15.7. The van der Waals surface area contributed by atoms with E-state index in [0.29, 0.717) is 43.4 Å². The number of hydrogen-bond donors (Lipinski definition) is 0. The first-order chi connectivity index (χ1) is 13.7. The molecule has 2 aromatic carbocycles. The molecule has 0 bridgehead atoms. The molecule has 1 aromatic heterocycles.